The lowest BCUT2D eigenvalue weighted by Crippen LogP contribution is -2.20. The number of nitrogens with zero attached hydrogens (tertiary/aromatic N) is 2. The summed E-state index contributed by atoms with van der Waals surface area (Å²) in [6, 6.07) is 3.23. The molecule has 21 heavy (non-hydrogen) atoms. The van der Waals surface area contributed by atoms with E-state index in [-0.39, 0.29) is 6.04 Å². The molecular formula is C15H15F2N3S. The van der Waals surface area contributed by atoms with Crippen LogP contribution in [0.4, 0.5) is 8.78 Å². The van der Waals surface area contributed by atoms with Crippen molar-refractivity contribution >= 4 is 16.3 Å². The van der Waals surface area contributed by atoms with Crippen LogP contribution in [0.2, 0.25) is 0 Å². The fourth-order valence-electron chi connectivity index (χ4n) is 2.36. The predicted octanol–water partition coefficient (Wildman–Crippen LogP) is 3.83. The Labute approximate surface area is 125 Å². The normalized spacial score (nSPS) is 13.0. The van der Waals surface area contributed by atoms with Gasteiger partial charge in [-0.2, -0.15) is 0 Å². The second-order valence-corrected chi connectivity index (χ2v) is 5.84. The minimum Gasteiger partial charge on any atom is -0.304 e. The second kappa shape index (κ2) is 5.54. The molecule has 0 saturated heterocycles. The summed E-state index contributed by atoms with van der Waals surface area (Å²) >= 11 is 1.57. The number of thiazole rings is 1. The molecule has 0 saturated carbocycles. The van der Waals surface area contributed by atoms with Gasteiger partial charge >= 0.3 is 0 Å². The molecule has 0 bridgehead atoms. The summed E-state index contributed by atoms with van der Waals surface area (Å²) in [4.78, 5) is 5.40. The minimum absolute atomic E-state index is 0.288. The van der Waals surface area contributed by atoms with Crippen molar-refractivity contribution in [2.45, 2.75) is 26.4 Å². The first kappa shape index (κ1) is 14.2. The predicted molar refractivity (Wildman–Crippen MR) is 79.4 cm³/mol. The van der Waals surface area contributed by atoms with Crippen LogP contribution >= 0.6 is 11.3 Å². The SMILES string of the molecule is Cc1nc2sccn2c1CNC(C)c1cc(F)ccc1F. The van der Waals surface area contributed by atoms with Gasteiger partial charge in [-0.3, -0.25) is 4.40 Å². The Hall–Kier alpha value is -1.79. The Kier molecular flexibility index (Phi) is 3.73. The van der Waals surface area contributed by atoms with Crippen molar-refractivity contribution < 1.29 is 8.78 Å². The molecule has 6 heteroatoms. The van der Waals surface area contributed by atoms with E-state index >= 15 is 0 Å². The standard InChI is InChI=1S/C15H15F2N3S/c1-9(12-7-11(16)3-4-13(12)17)18-8-14-10(2)19-15-20(14)5-6-21-15/h3-7,9,18H,8H2,1-2H3. The van der Waals surface area contributed by atoms with E-state index in [4.69, 9.17) is 0 Å². The molecule has 1 unspecified atom stereocenters. The summed E-state index contributed by atoms with van der Waals surface area (Å²) in [5.74, 6) is -0.831. The van der Waals surface area contributed by atoms with Crippen molar-refractivity contribution in [3.05, 3.63) is 58.4 Å². The highest BCUT2D eigenvalue weighted by Gasteiger charge is 2.14. The molecule has 0 aliphatic carbocycles. The van der Waals surface area contributed by atoms with E-state index in [2.05, 4.69) is 10.3 Å². The van der Waals surface area contributed by atoms with Crippen LogP contribution in [0.3, 0.4) is 0 Å². The molecule has 2 aromatic heterocycles. The van der Waals surface area contributed by atoms with Crippen molar-refractivity contribution in [3.8, 4) is 0 Å². The lowest BCUT2D eigenvalue weighted by Gasteiger charge is -2.15. The number of nitrogens with one attached hydrogen (secondary N) is 1. The van der Waals surface area contributed by atoms with Crippen LogP contribution in [0.1, 0.15) is 29.9 Å². The topological polar surface area (TPSA) is 29.3 Å². The van der Waals surface area contributed by atoms with Crippen LogP contribution in [0.5, 0.6) is 0 Å². The van der Waals surface area contributed by atoms with Crippen LogP contribution in [0.25, 0.3) is 4.96 Å². The van der Waals surface area contributed by atoms with Crippen molar-refractivity contribution in [2.24, 2.45) is 0 Å². The molecule has 3 rings (SSSR count). The van der Waals surface area contributed by atoms with E-state index < -0.39 is 11.6 Å². The van der Waals surface area contributed by atoms with Crippen LogP contribution in [0.15, 0.2) is 29.8 Å². The number of imidazole rings is 1. The zero-order valence-corrected chi connectivity index (χ0v) is 12.5. The quantitative estimate of drug-likeness (QED) is 0.793. The van der Waals surface area contributed by atoms with Gasteiger partial charge in [-0.25, -0.2) is 13.8 Å². The number of benzene rings is 1. The average molecular weight is 307 g/mol. The average Bonchev–Trinajstić information content (AvgIpc) is 3.00. The van der Waals surface area contributed by atoms with E-state index in [0.717, 1.165) is 28.5 Å². The molecular weight excluding hydrogens is 292 g/mol. The van der Waals surface area contributed by atoms with E-state index in [9.17, 15) is 8.78 Å². The number of rotatable bonds is 4. The highest BCUT2D eigenvalue weighted by atomic mass is 32.1. The van der Waals surface area contributed by atoms with Gasteiger partial charge in [0.1, 0.15) is 11.6 Å². The van der Waals surface area contributed by atoms with Gasteiger partial charge in [0, 0.05) is 29.7 Å². The summed E-state index contributed by atoms with van der Waals surface area (Å²) in [5, 5.41) is 5.20. The van der Waals surface area contributed by atoms with Gasteiger partial charge in [-0.1, -0.05) is 0 Å². The lowest BCUT2D eigenvalue weighted by atomic mass is 10.1. The molecule has 110 valence electrons. The summed E-state index contributed by atoms with van der Waals surface area (Å²) in [7, 11) is 0. The molecule has 0 fully saturated rings. The fraction of sp³-hybridized carbons (Fsp3) is 0.267. The van der Waals surface area contributed by atoms with E-state index in [1.807, 2.05) is 29.8 Å². The highest BCUT2D eigenvalue weighted by molar-refractivity contribution is 7.15. The zero-order valence-electron chi connectivity index (χ0n) is 11.7. The van der Waals surface area contributed by atoms with Crippen LogP contribution in [0, 0.1) is 18.6 Å². The summed E-state index contributed by atoms with van der Waals surface area (Å²) in [6.07, 6.45) is 1.96. The Balaban J connectivity index is 1.79. The van der Waals surface area contributed by atoms with Crippen LogP contribution in [-0.4, -0.2) is 9.38 Å². The third-order valence-electron chi connectivity index (χ3n) is 3.56. The Morgan fingerprint density at radius 3 is 3.00 bits per heavy atom. The van der Waals surface area contributed by atoms with Crippen molar-refractivity contribution in [2.75, 3.05) is 0 Å². The van der Waals surface area contributed by atoms with E-state index in [0.29, 0.717) is 12.1 Å². The molecule has 3 aromatic rings. The second-order valence-electron chi connectivity index (χ2n) is 4.97. The van der Waals surface area contributed by atoms with Gasteiger partial charge in [0.05, 0.1) is 11.4 Å². The Morgan fingerprint density at radius 1 is 1.38 bits per heavy atom. The molecule has 0 spiro atoms. The number of hydrogen-bond acceptors (Lipinski definition) is 3. The molecule has 0 amide bonds. The first-order valence-electron chi connectivity index (χ1n) is 6.65. The highest BCUT2D eigenvalue weighted by Crippen LogP contribution is 2.20. The maximum Gasteiger partial charge on any atom is 0.194 e. The first-order valence-corrected chi connectivity index (χ1v) is 7.53. The van der Waals surface area contributed by atoms with Gasteiger partial charge in [-0.15, -0.1) is 11.3 Å². The monoisotopic (exact) mass is 307 g/mol. The summed E-state index contributed by atoms with van der Waals surface area (Å²) < 4.78 is 29.0. The third-order valence-corrected chi connectivity index (χ3v) is 4.32. The number of fused-ring (bicyclic) bond motifs is 1. The summed E-state index contributed by atoms with van der Waals surface area (Å²) in [6.45, 7) is 4.31. The van der Waals surface area contributed by atoms with Gasteiger partial charge in [0.25, 0.3) is 0 Å². The molecule has 1 atom stereocenters. The molecule has 0 aliphatic heterocycles. The van der Waals surface area contributed by atoms with Crippen LogP contribution in [-0.2, 0) is 6.54 Å². The summed E-state index contributed by atoms with van der Waals surface area (Å²) in [5.41, 5.74) is 2.31. The van der Waals surface area contributed by atoms with E-state index in [1.165, 1.54) is 6.07 Å². The number of aromatic nitrogens is 2. The van der Waals surface area contributed by atoms with Gasteiger partial charge < -0.3 is 5.32 Å². The molecule has 1 N–H and O–H groups in total. The molecule has 2 heterocycles. The lowest BCUT2D eigenvalue weighted by molar-refractivity contribution is 0.514. The largest absolute Gasteiger partial charge is 0.304 e. The molecule has 1 aromatic carbocycles. The number of aryl methyl sites for hydroxylation is 1. The maximum absolute atomic E-state index is 13.7. The van der Waals surface area contributed by atoms with Crippen LogP contribution < -0.4 is 5.32 Å². The fourth-order valence-corrected chi connectivity index (χ4v) is 3.14. The smallest absolute Gasteiger partial charge is 0.194 e. The van der Waals surface area contributed by atoms with Crippen molar-refractivity contribution in [1.82, 2.24) is 14.7 Å². The van der Waals surface area contributed by atoms with Gasteiger partial charge in [0.15, 0.2) is 4.96 Å². The molecule has 3 nitrogen and oxygen atoms in total. The van der Waals surface area contributed by atoms with E-state index in [1.54, 1.807) is 11.3 Å². The maximum atomic E-state index is 13.7. The van der Waals surface area contributed by atoms with Crippen molar-refractivity contribution in [1.29, 1.82) is 0 Å². The number of hydrogen-bond donors (Lipinski definition) is 1. The Bertz CT molecular complexity index is 778. The van der Waals surface area contributed by atoms with Crippen molar-refractivity contribution in [3.63, 3.8) is 0 Å². The molecule has 0 radical (unpaired) electrons. The van der Waals surface area contributed by atoms with Gasteiger partial charge in [-0.05, 0) is 32.0 Å². The Morgan fingerprint density at radius 2 is 2.19 bits per heavy atom. The van der Waals surface area contributed by atoms with Gasteiger partial charge in [0.2, 0.25) is 0 Å². The number of halogens is 2. The third kappa shape index (κ3) is 2.69. The zero-order chi connectivity index (χ0) is 15.0. The molecule has 0 aliphatic rings. The minimum atomic E-state index is -0.430. The first-order chi connectivity index (χ1) is 10.1.